The maximum Gasteiger partial charge on any atom is 0.124 e. The predicted molar refractivity (Wildman–Crippen MR) is 182 cm³/mol. The molecule has 3 aromatic carbocycles. The van der Waals surface area contributed by atoms with Gasteiger partial charge in [0.15, 0.2) is 0 Å². The van der Waals surface area contributed by atoms with Gasteiger partial charge in [0, 0.05) is 28.3 Å². The molecule has 5 aromatic rings. The van der Waals surface area contributed by atoms with E-state index in [4.69, 9.17) is 9.97 Å². The number of hydrogen-bond donors (Lipinski definition) is 1. The van der Waals surface area contributed by atoms with Crippen molar-refractivity contribution in [1.82, 2.24) is 9.97 Å². The summed E-state index contributed by atoms with van der Waals surface area (Å²) < 4.78 is 0. The van der Waals surface area contributed by atoms with Crippen LogP contribution in [0.15, 0.2) is 91.0 Å². The Bertz CT molecular complexity index is 1860. The summed E-state index contributed by atoms with van der Waals surface area (Å²) in [5.41, 5.74) is 13.2. The van der Waals surface area contributed by atoms with Crippen LogP contribution in [0.4, 0.5) is 0 Å². The summed E-state index contributed by atoms with van der Waals surface area (Å²) >= 11 is 0. The number of phenolic OH excluding ortho intramolecular Hbond substituents is 1. The molecule has 2 unspecified atom stereocenters. The Morgan fingerprint density at radius 1 is 0.568 bits per heavy atom. The van der Waals surface area contributed by atoms with Crippen molar-refractivity contribution in [3.63, 3.8) is 0 Å². The number of pyridine rings is 2. The summed E-state index contributed by atoms with van der Waals surface area (Å²) in [6.45, 7) is 13.6. The fraction of sp³-hybridized carbons (Fsp3) is 0.317. The van der Waals surface area contributed by atoms with E-state index in [1.807, 2.05) is 18.2 Å². The van der Waals surface area contributed by atoms with Crippen molar-refractivity contribution in [2.45, 2.75) is 83.5 Å². The van der Waals surface area contributed by atoms with Gasteiger partial charge in [0.2, 0.25) is 0 Å². The lowest BCUT2D eigenvalue weighted by molar-refractivity contribution is 0.477. The largest absolute Gasteiger partial charge is 0.507 e. The molecule has 1 fully saturated rings. The van der Waals surface area contributed by atoms with E-state index < -0.39 is 0 Å². The van der Waals surface area contributed by atoms with Gasteiger partial charge in [-0.25, -0.2) is 4.98 Å². The van der Waals surface area contributed by atoms with Crippen molar-refractivity contribution in [2.75, 3.05) is 0 Å². The third-order valence-corrected chi connectivity index (χ3v) is 9.67. The van der Waals surface area contributed by atoms with Crippen molar-refractivity contribution in [3.05, 3.63) is 113 Å². The Morgan fingerprint density at radius 3 is 1.91 bits per heavy atom. The monoisotopic (exact) mass is 578 g/mol. The van der Waals surface area contributed by atoms with Gasteiger partial charge in [-0.1, -0.05) is 96.1 Å². The highest BCUT2D eigenvalue weighted by molar-refractivity contribution is 5.80. The molecule has 7 rings (SSSR count). The minimum atomic E-state index is 0.00307. The van der Waals surface area contributed by atoms with E-state index in [9.17, 15) is 5.11 Å². The topological polar surface area (TPSA) is 46.0 Å². The molecule has 3 nitrogen and oxygen atoms in total. The van der Waals surface area contributed by atoms with Gasteiger partial charge in [-0.2, -0.15) is 0 Å². The Labute approximate surface area is 262 Å². The quantitative estimate of drug-likeness (QED) is 0.231. The molecule has 0 spiro atoms. The van der Waals surface area contributed by atoms with Crippen molar-refractivity contribution < 1.29 is 5.11 Å². The number of hydrogen-bond acceptors (Lipinski definition) is 3. The summed E-state index contributed by atoms with van der Waals surface area (Å²) in [7, 11) is 0. The molecule has 44 heavy (non-hydrogen) atoms. The molecule has 0 radical (unpaired) electrons. The van der Waals surface area contributed by atoms with Gasteiger partial charge in [0.05, 0.1) is 17.1 Å². The fourth-order valence-electron chi connectivity index (χ4n) is 7.00. The lowest BCUT2D eigenvalue weighted by atomic mass is 9.79. The molecular weight excluding hydrogens is 536 g/mol. The Balaban J connectivity index is 1.38. The number of aromatic hydroxyl groups is 1. The Morgan fingerprint density at radius 2 is 1.20 bits per heavy atom. The van der Waals surface area contributed by atoms with Crippen LogP contribution >= 0.6 is 0 Å². The molecule has 3 heteroatoms. The van der Waals surface area contributed by atoms with Gasteiger partial charge in [0.1, 0.15) is 5.75 Å². The summed E-state index contributed by atoms with van der Waals surface area (Å²) in [4.78, 5) is 10.3. The fourth-order valence-corrected chi connectivity index (χ4v) is 7.00. The number of aromatic nitrogens is 2. The first-order valence-corrected chi connectivity index (χ1v) is 16.0. The minimum absolute atomic E-state index is 0.00307. The van der Waals surface area contributed by atoms with E-state index in [2.05, 4.69) is 108 Å². The van der Waals surface area contributed by atoms with E-state index in [0.29, 0.717) is 11.8 Å². The smallest absolute Gasteiger partial charge is 0.124 e. The summed E-state index contributed by atoms with van der Waals surface area (Å²) in [5.74, 6) is 1.56. The zero-order valence-electron chi connectivity index (χ0n) is 26.8. The first-order valence-electron chi connectivity index (χ1n) is 16.0. The summed E-state index contributed by atoms with van der Waals surface area (Å²) in [6.07, 6.45) is 3.85. The van der Waals surface area contributed by atoms with Crippen LogP contribution in [-0.2, 0) is 10.8 Å². The number of benzene rings is 3. The normalized spacial score (nSPS) is 17.6. The molecule has 2 aromatic heterocycles. The van der Waals surface area contributed by atoms with Crippen LogP contribution in [0, 0.1) is 0 Å². The van der Waals surface area contributed by atoms with E-state index >= 15 is 0 Å². The van der Waals surface area contributed by atoms with Crippen molar-refractivity contribution in [2.24, 2.45) is 0 Å². The molecular formula is C41H42N2O. The molecule has 1 N–H and O–H groups in total. The molecule has 2 heterocycles. The van der Waals surface area contributed by atoms with Gasteiger partial charge in [-0.05, 0) is 100 Å². The molecule has 0 saturated heterocycles. The molecule has 0 aliphatic heterocycles. The van der Waals surface area contributed by atoms with Gasteiger partial charge in [-0.3, -0.25) is 4.98 Å². The van der Waals surface area contributed by atoms with Crippen LogP contribution in [0.25, 0.3) is 44.9 Å². The standard InChI is InChI=1S/C41H42N2O/c1-40(2,3)31-20-29(21-32(24-31)41(4,5)6)30-22-36(42-37(23-30)34-12-7-8-13-38(34)44)27-11-9-10-26(19-27)35-17-16-33-25-14-15-28(18-25)39(33)43-35/h7-13,16-17,19-25,28,44H,14-15,18H2,1-6H3. The molecule has 2 aliphatic rings. The molecule has 2 bridgehead atoms. The molecule has 2 atom stereocenters. The number of para-hydroxylation sites is 1. The van der Waals surface area contributed by atoms with E-state index in [1.54, 1.807) is 6.07 Å². The molecule has 0 amide bonds. The van der Waals surface area contributed by atoms with Crippen LogP contribution in [-0.4, -0.2) is 15.1 Å². The van der Waals surface area contributed by atoms with Crippen molar-refractivity contribution in [3.8, 4) is 50.6 Å². The van der Waals surface area contributed by atoms with E-state index in [-0.39, 0.29) is 16.6 Å². The molecule has 1 saturated carbocycles. The number of fused-ring (bicyclic) bond motifs is 5. The maximum absolute atomic E-state index is 10.9. The van der Waals surface area contributed by atoms with Crippen LogP contribution in [0.3, 0.4) is 0 Å². The van der Waals surface area contributed by atoms with Crippen LogP contribution < -0.4 is 0 Å². The second-order valence-corrected chi connectivity index (χ2v) is 14.9. The lowest BCUT2D eigenvalue weighted by Crippen LogP contribution is -2.16. The van der Waals surface area contributed by atoms with E-state index in [1.165, 1.54) is 41.6 Å². The average molecular weight is 579 g/mol. The van der Waals surface area contributed by atoms with Gasteiger partial charge in [0.25, 0.3) is 0 Å². The minimum Gasteiger partial charge on any atom is -0.507 e. The lowest BCUT2D eigenvalue weighted by Gasteiger charge is -2.26. The second kappa shape index (κ2) is 10.4. The first-order chi connectivity index (χ1) is 20.9. The summed E-state index contributed by atoms with van der Waals surface area (Å²) in [5, 5.41) is 10.9. The SMILES string of the molecule is CC(C)(C)c1cc(-c2cc(-c3cccc(-c4ccc5c(n4)C4CCC5C4)c3)nc(-c3ccccc3O)c2)cc(C(C)(C)C)c1. The second-order valence-electron chi connectivity index (χ2n) is 14.9. The van der Waals surface area contributed by atoms with Gasteiger partial charge >= 0.3 is 0 Å². The van der Waals surface area contributed by atoms with Gasteiger partial charge < -0.3 is 5.11 Å². The summed E-state index contributed by atoms with van der Waals surface area (Å²) in [6, 6.07) is 31.9. The Kier molecular flexibility index (Phi) is 6.77. The predicted octanol–water partition coefficient (Wildman–Crippen LogP) is 10.8. The average Bonchev–Trinajstić information content (AvgIpc) is 3.63. The highest BCUT2D eigenvalue weighted by Crippen LogP contribution is 2.52. The number of rotatable bonds is 4. The third kappa shape index (κ3) is 5.23. The van der Waals surface area contributed by atoms with E-state index in [0.717, 1.165) is 44.9 Å². The van der Waals surface area contributed by atoms with Crippen LogP contribution in [0.5, 0.6) is 5.75 Å². The molecule has 222 valence electrons. The van der Waals surface area contributed by atoms with Crippen molar-refractivity contribution >= 4 is 0 Å². The van der Waals surface area contributed by atoms with Crippen molar-refractivity contribution in [1.29, 1.82) is 0 Å². The number of nitrogens with zero attached hydrogens (tertiary/aromatic N) is 2. The molecule has 2 aliphatic carbocycles. The third-order valence-electron chi connectivity index (χ3n) is 9.67. The Hall–Kier alpha value is -4.24. The number of phenols is 1. The zero-order valence-corrected chi connectivity index (χ0v) is 26.8. The van der Waals surface area contributed by atoms with Gasteiger partial charge in [-0.15, -0.1) is 0 Å². The van der Waals surface area contributed by atoms with Crippen LogP contribution in [0.1, 0.15) is 95.0 Å². The van der Waals surface area contributed by atoms with Crippen LogP contribution in [0.2, 0.25) is 0 Å². The zero-order chi connectivity index (χ0) is 30.8. The highest BCUT2D eigenvalue weighted by atomic mass is 16.3. The highest BCUT2D eigenvalue weighted by Gasteiger charge is 2.38. The first kappa shape index (κ1) is 28.5. The maximum atomic E-state index is 10.9.